The molecule has 1 amide bonds. The molecule has 2 aromatic carbocycles. The number of ether oxygens (including phenoxy) is 2. The zero-order chi connectivity index (χ0) is 29.1. The van der Waals surface area contributed by atoms with Gasteiger partial charge < -0.3 is 34.7 Å². The van der Waals surface area contributed by atoms with Gasteiger partial charge in [0.15, 0.2) is 0 Å². The number of aliphatic hydroxyl groups excluding tert-OH is 1. The lowest BCUT2D eigenvalue weighted by molar-refractivity contribution is -0.136. The molecular weight excluding hydrogens is 514 g/mol. The fourth-order valence-electron chi connectivity index (χ4n) is 4.06. The summed E-state index contributed by atoms with van der Waals surface area (Å²) in [4.78, 5) is 27.7. The Bertz CT molecular complexity index is 1250. The Morgan fingerprint density at radius 2 is 1.82 bits per heavy atom. The van der Waals surface area contributed by atoms with Gasteiger partial charge in [-0.15, -0.1) is 0 Å². The van der Waals surface area contributed by atoms with Crippen LogP contribution >= 0.6 is 0 Å². The minimum Gasteiger partial charge on any atom is -0.493 e. The predicted molar refractivity (Wildman–Crippen MR) is 151 cm³/mol. The third-order valence-corrected chi connectivity index (χ3v) is 6.08. The average molecular weight is 554 g/mol. The molecule has 0 saturated heterocycles. The van der Waals surface area contributed by atoms with Gasteiger partial charge in [0, 0.05) is 30.6 Å². The van der Waals surface area contributed by atoms with E-state index in [0.717, 1.165) is 34.5 Å². The van der Waals surface area contributed by atoms with Crippen molar-refractivity contribution in [3.8, 4) is 17.2 Å². The van der Waals surface area contributed by atoms with Crippen LogP contribution in [0.1, 0.15) is 62.6 Å². The number of nitrogens with one attached hydrogen (secondary N) is 2. The molecule has 1 unspecified atom stereocenters. The Balaban J connectivity index is 1.61. The van der Waals surface area contributed by atoms with Crippen molar-refractivity contribution in [2.45, 2.75) is 78.7 Å². The van der Waals surface area contributed by atoms with Gasteiger partial charge in [0.05, 0.1) is 18.4 Å². The highest BCUT2D eigenvalue weighted by molar-refractivity contribution is 5.68. The number of carbonyl (C=O) groups is 2. The third-order valence-electron chi connectivity index (χ3n) is 6.08. The summed E-state index contributed by atoms with van der Waals surface area (Å²) in [6.07, 6.45) is 1.03. The van der Waals surface area contributed by atoms with E-state index in [1.807, 2.05) is 44.2 Å². The number of alkyl carbamates (subject to hydrolysis) is 1. The maximum absolute atomic E-state index is 11.9. The molecule has 0 aliphatic rings. The normalized spacial score (nSPS) is 11.8. The monoisotopic (exact) mass is 553 g/mol. The van der Waals surface area contributed by atoms with Gasteiger partial charge in [-0.2, -0.15) is 0 Å². The van der Waals surface area contributed by atoms with Crippen LogP contribution in [0.25, 0.3) is 11.5 Å². The van der Waals surface area contributed by atoms with E-state index in [9.17, 15) is 14.7 Å². The summed E-state index contributed by atoms with van der Waals surface area (Å²) in [6, 6.07) is 13.0. The molecule has 0 bridgehead atoms. The number of hydrogen-bond acceptors (Lipinski definition) is 8. The van der Waals surface area contributed by atoms with Crippen molar-refractivity contribution in [2.75, 3.05) is 11.9 Å². The molecule has 0 fully saturated rings. The summed E-state index contributed by atoms with van der Waals surface area (Å²) in [5.74, 6) is 0.927. The van der Waals surface area contributed by atoms with E-state index in [2.05, 4.69) is 15.6 Å². The van der Waals surface area contributed by atoms with E-state index < -0.39 is 18.3 Å². The highest BCUT2D eigenvalue weighted by Gasteiger charge is 2.14. The lowest BCUT2D eigenvalue weighted by atomic mass is 10.0. The summed E-state index contributed by atoms with van der Waals surface area (Å²) >= 11 is 0. The molecule has 0 radical (unpaired) electrons. The maximum atomic E-state index is 11.9. The van der Waals surface area contributed by atoms with Gasteiger partial charge in [0.25, 0.3) is 0 Å². The number of carboxylic acid groups (broad SMARTS) is 1. The fraction of sp³-hybridized carbons (Fsp3) is 0.433. The molecule has 10 heteroatoms. The summed E-state index contributed by atoms with van der Waals surface area (Å²) < 4.78 is 17.0. The number of aromatic nitrogens is 1. The van der Waals surface area contributed by atoms with Crippen molar-refractivity contribution in [3.63, 3.8) is 0 Å². The number of nitrogens with zero attached hydrogens (tertiary/aromatic N) is 1. The molecule has 0 aliphatic carbocycles. The van der Waals surface area contributed by atoms with Crippen LogP contribution in [-0.4, -0.2) is 46.2 Å². The number of oxazole rings is 1. The van der Waals surface area contributed by atoms with E-state index in [1.54, 1.807) is 26.0 Å². The molecular formula is C30H39N3O7. The maximum Gasteiger partial charge on any atom is 0.407 e. The van der Waals surface area contributed by atoms with Crippen LogP contribution in [0.4, 0.5) is 10.5 Å². The zero-order valence-corrected chi connectivity index (χ0v) is 23.5. The van der Waals surface area contributed by atoms with Gasteiger partial charge in [-0.25, -0.2) is 9.78 Å². The zero-order valence-electron chi connectivity index (χ0n) is 23.5. The van der Waals surface area contributed by atoms with Gasteiger partial charge in [-0.3, -0.25) is 4.79 Å². The molecule has 10 nitrogen and oxygen atoms in total. The van der Waals surface area contributed by atoms with Crippen LogP contribution in [-0.2, 0) is 28.9 Å². The van der Waals surface area contributed by atoms with Crippen molar-refractivity contribution in [1.29, 1.82) is 0 Å². The third kappa shape index (κ3) is 9.60. The van der Waals surface area contributed by atoms with Crippen molar-refractivity contribution >= 4 is 17.7 Å². The van der Waals surface area contributed by atoms with Crippen molar-refractivity contribution < 1.29 is 33.7 Å². The van der Waals surface area contributed by atoms with Gasteiger partial charge in [0.1, 0.15) is 17.7 Å². The molecule has 216 valence electrons. The molecule has 4 N–H and O–H groups in total. The summed E-state index contributed by atoms with van der Waals surface area (Å²) in [6.45, 7) is 7.95. The number of amides is 1. The topological polar surface area (TPSA) is 143 Å². The Kier molecular flexibility index (Phi) is 11.4. The Hall–Kier alpha value is -4.05. The molecule has 0 saturated carbocycles. The molecule has 1 heterocycles. The van der Waals surface area contributed by atoms with Crippen LogP contribution in [0.2, 0.25) is 0 Å². The van der Waals surface area contributed by atoms with E-state index in [-0.39, 0.29) is 19.1 Å². The number of aliphatic carboxylic acids is 1. The number of carboxylic acids is 1. The first-order chi connectivity index (χ1) is 19.1. The molecule has 1 aromatic heterocycles. The van der Waals surface area contributed by atoms with Crippen LogP contribution in [0.5, 0.6) is 5.75 Å². The SMILES string of the molecule is CCCC(O)Nc1ccc(-c2nc(CCOc3ccc(CCC(=O)O)c(CNC(=O)OC(C)C)c3)c(C)o2)cc1. The first-order valence-corrected chi connectivity index (χ1v) is 13.6. The number of rotatable bonds is 15. The highest BCUT2D eigenvalue weighted by Crippen LogP contribution is 2.25. The lowest BCUT2D eigenvalue weighted by Crippen LogP contribution is -2.26. The van der Waals surface area contributed by atoms with E-state index in [4.69, 9.17) is 19.0 Å². The van der Waals surface area contributed by atoms with Gasteiger partial charge in [-0.1, -0.05) is 19.4 Å². The van der Waals surface area contributed by atoms with E-state index >= 15 is 0 Å². The molecule has 40 heavy (non-hydrogen) atoms. The van der Waals surface area contributed by atoms with Crippen LogP contribution in [0, 0.1) is 6.92 Å². The highest BCUT2D eigenvalue weighted by atomic mass is 16.6. The number of benzene rings is 2. The summed E-state index contributed by atoms with van der Waals surface area (Å²) in [5.41, 5.74) is 4.02. The fourth-order valence-corrected chi connectivity index (χ4v) is 4.06. The van der Waals surface area contributed by atoms with Crippen molar-refractivity contribution in [3.05, 3.63) is 65.0 Å². The largest absolute Gasteiger partial charge is 0.493 e. The van der Waals surface area contributed by atoms with E-state index in [0.29, 0.717) is 43.3 Å². The predicted octanol–water partition coefficient (Wildman–Crippen LogP) is 5.45. The second-order valence-electron chi connectivity index (χ2n) is 9.78. The number of hydrogen-bond donors (Lipinski definition) is 4. The van der Waals surface area contributed by atoms with Crippen LogP contribution in [0.3, 0.4) is 0 Å². The quantitative estimate of drug-likeness (QED) is 0.181. The van der Waals surface area contributed by atoms with Gasteiger partial charge in [-0.05, 0) is 81.1 Å². The molecule has 3 rings (SSSR count). The smallest absolute Gasteiger partial charge is 0.407 e. The first kappa shape index (κ1) is 30.5. The average Bonchev–Trinajstić information content (AvgIpc) is 3.27. The minimum atomic E-state index is -0.890. The molecule has 0 spiro atoms. The first-order valence-electron chi connectivity index (χ1n) is 13.6. The minimum absolute atomic E-state index is 0.0164. The second kappa shape index (κ2) is 14.9. The summed E-state index contributed by atoms with van der Waals surface area (Å²) in [7, 11) is 0. The number of aryl methyl sites for hydroxylation is 2. The number of carbonyl (C=O) groups excluding carboxylic acids is 1. The Labute approximate surface area is 234 Å². The van der Waals surface area contributed by atoms with Crippen molar-refractivity contribution in [2.24, 2.45) is 0 Å². The van der Waals surface area contributed by atoms with Crippen molar-refractivity contribution in [1.82, 2.24) is 10.3 Å². The van der Waals surface area contributed by atoms with Crippen LogP contribution < -0.4 is 15.4 Å². The standard InChI is InChI=1S/C30H39N3O7/c1-5-6-27(34)32-24-11-7-22(8-12-24)29-33-26(20(4)40-29)15-16-38-25-13-9-21(10-14-28(35)36)23(17-25)18-31-30(37)39-19(2)3/h7-9,11-13,17,19,27,32,34H,5-6,10,14-16,18H2,1-4H3,(H,31,37)(H,35,36). The summed E-state index contributed by atoms with van der Waals surface area (Å²) in [5, 5.41) is 24.8. The van der Waals surface area contributed by atoms with Crippen LogP contribution in [0.15, 0.2) is 46.9 Å². The molecule has 1 atom stereocenters. The van der Waals surface area contributed by atoms with Gasteiger partial charge >= 0.3 is 12.1 Å². The number of aliphatic hydroxyl groups is 1. The Morgan fingerprint density at radius 3 is 2.50 bits per heavy atom. The van der Waals surface area contributed by atoms with E-state index in [1.165, 1.54) is 0 Å². The second-order valence-corrected chi connectivity index (χ2v) is 9.78. The molecule has 0 aliphatic heterocycles. The number of anilines is 1. The Morgan fingerprint density at radius 1 is 1.07 bits per heavy atom. The van der Waals surface area contributed by atoms with Gasteiger partial charge in [0.2, 0.25) is 5.89 Å². The molecule has 3 aromatic rings. The lowest BCUT2D eigenvalue weighted by Gasteiger charge is -2.14.